The van der Waals surface area contributed by atoms with Crippen molar-refractivity contribution in [1.82, 2.24) is 0 Å². The van der Waals surface area contributed by atoms with Gasteiger partial charge in [0.15, 0.2) is 17.6 Å². The van der Waals surface area contributed by atoms with E-state index in [-0.39, 0.29) is 28.4 Å². The molecule has 0 aromatic heterocycles. The number of rotatable bonds is 2. The molecule has 1 aliphatic heterocycles. The molecule has 17 heavy (non-hydrogen) atoms. The van der Waals surface area contributed by atoms with Crippen LogP contribution in [-0.4, -0.2) is 34.5 Å². The molecule has 6 nitrogen and oxygen atoms in total. The lowest BCUT2D eigenvalue weighted by Crippen LogP contribution is -2.14. The number of phenolic OH excluding ortho intramolecular Hbond substituents is 2. The van der Waals surface area contributed by atoms with E-state index in [1.165, 1.54) is 14.0 Å². The number of benzene rings is 1. The number of esters is 1. The van der Waals surface area contributed by atoms with Gasteiger partial charge in [-0.25, -0.2) is 4.79 Å². The van der Waals surface area contributed by atoms with E-state index in [0.29, 0.717) is 0 Å². The van der Waals surface area contributed by atoms with Crippen LogP contribution in [0, 0.1) is 0 Å². The highest BCUT2D eigenvalue weighted by Crippen LogP contribution is 2.48. The van der Waals surface area contributed by atoms with Crippen molar-refractivity contribution >= 4 is 5.97 Å². The van der Waals surface area contributed by atoms with Crippen LogP contribution in [0.3, 0.4) is 0 Å². The maximum Gasteiger partial charge on any atom is 0.339 e. The number of cyclic esters (lactones) is 1. The summed E-state index contributed by atoms with van der Waals surface area (Å²) in [5.41, 5.74) is 0.173. The zero-order valence-corrected chi connectivity index (χ0v) is 9.30. The summed E-state index contributed by atoms with van der Waals surface area (Å²) >= 11 is 0. The Hall–Kier alpha value is -1.95. The molecule has 6 heteroatoms. The van der Waals surface area contributed by atoms with Crippen molar-refractivity contribution in [3.8, 4) is 17.2 Å². The molecule has 1 aromatic carbocycles. The zero-order valence-electron chi connectivity index (χ0n) is 9.30. The SMILES string of the molecule is COc1c(O)cc2c(c1O)[C@@H]([C@H](C)O)OC2=O. The van der Waals surface area contributed by atoms with Crippen molar-refractivity contribution in [3.63, 3.8) is 0 Å². The smallest absolute Gasteiger partial charge is 0.339 e. The van der Waals surface area contributed by atoms with Crippen LogP contribution < -0.4 is 4.74 Å². The van der Waals surface area contributed by atoms with Gasteiger partial charge in [-0.1, -0.05) is 0 Å². The van der Waals surface area contributed by atoms with Crippen LogP contribution in [0.1, 0.15) is 28.9 Å². The van der Waals surface area contributed by atoms with E-state index in [9.17, 15) is 20.1 Å². The number of fused-ring (bicyclic) bond motifs is 1. The summed E-state index contributed by atoms with van der Waals surface area (Å²) in [6.45, 7) is 1.44. The Bertz CT molecular complexity index is 479. The monoisotopic (exact) mass is 240 g/mol. The topological polar surface area (TPSA) is 96.2 Å². The van der Waals surface area contributed by atoms with Gasteiger partial charge in [0.05, 0.1) is 24.3 Å². The number of ether oxygens (including phenoxy) is 2. The minimum absolute atomic E-state index is 0.0340. The third kappa shape index (κ3) is 1.57. The van der Waals surface area contributed by atoms with E-state index >= 15 is 0 Å². The lowest BCUT2D eigenvalue weighted by atomic mass is 9.99. The molecule has 92 valence electrons. The minimum Gasteiger partial charge on any atom is -0.504 e. The van der Waals surface area contributed by atoms with Crippen molar-refractivity contribution in [2.45, 2.75) is 19.1 Å². The highest BCUT2D eigenvalue weighted by Gasteiger charge is 2.39. The van der Waals surface area contributed by atoms with Crippen LogP contribution in [0.2, 0.25) is 0 Å². The quantitative estimate of drug-likeness (QED) is 0.658. The summed E-state index contributed by atoms with van der Waals surface area (Å²) < 4.78 is 9.73. The molecule has 0 spiro atoms. The van der Waals surface area contributed by atoms with Crippen molar-refractivity contribution < 1.29 is 29.6 Å². The first kappa shape index (κ1) is 11.5. The molecule has 0 bridgehead atoms. The Morgan fingerprint density at radius 1 is 1.47 bits per heavy atom. The van der Waals surface area contributed by atoms with E-state index in [4.69, 9.17) is 9.47 Å². The van der Waals surface area contributed by atoms with Gasteiger partial charge in [0.1, 0.15) is 0 Å². The van der Waals surface area contributed by atoms with Crippen LogP contribution >= 0.6 is 0 Å². The maximum atomic E-state index is 11.5. The third-order valence-electron chi connectivity index (χ3n) is 2.65. The number of carbonyl (C=O) groups is 1. The van der Waals surface area contributed by atoms with Gasteiger partial charge in [0, 0.05) is 0 Å². The summed E-state index contributed by atoms with van der Waals surface area (Å²) in [6, 6.07) is 1.15. The van der Waals surface area contributed by atoms with Crippen LogP contribution in [0.15, 0.2) is 6.07 Å². The van der Waals surface area contributed by atoms with Crippen LogP contribution in [0.4, 0.5) is 0 Å². The van der Waals surface area contributed by atoms with Crippen molar-refractivity contribution in [2.24, 2.45) is 0 Å². The molecule has 0 unspecified atom stereocenters. The summed E-state index contributed by atoms with van der Waals surface area (Å²) in [4.78, 5) is 11.5. The van der Waals surface area contributed by atoms with Gasteiger partial charge in [-0.2, -0.15) is 0 Å². The molecule has 0 amide bonds. The second-order valence-electron chi connectivity index (χ2n) is 3.81. The lowest BCUT2D eigenvalue weighted by molar-refractivity contribution is -0.00334. The van der Waals surface area contributed by atoms with Gasteiger partial charge in [-0.3, -0.25) is 0 Å². The van der Waals surface area contributed by atoms with Crippen molar-refractivity contribution in [1.29, 1.82) is 0 Å². The largest absolute Gasteiger partial charge is 0.504 e. The number of hydrogen-bond acceptors (Lipinski definition) is 6. The molecule has 0 fully saturated rings. The fourth-order valence-corrected chi connectivity index (χ4v) is 1.89. The highest BCUT2D eigenvalue weighted by atomic mass is 16.6. The molecule has 1 aliphatic rings. The Balaban J connectivity index is 2.67. The van der Waals surface area contributed by atoms with E-state index in [1.54, 1.807) is 0 Å². The van der Waals surface area contributed by atoms with Gasteiger partial charge in [0.2, 0.25) is 5.75 Å². The van der Waals surface area contributed by atoms with Crippen molar-refractivity contribution in [3.05, 3.63) is 17.2 Å². The average Bonchev–Trinajstić information content (AvgIpc) is 2.57. The van der Waals surface area contributed by atoms with Gasteiger partial charge in [-0.15, -0.1) is 0 Å². The molecular weight excluding hydrogens is 228 g/mol. The van der Waals surface area contributed by atoms with Crippen LogP contribution in [-0.2, 0) is 4.74 Å². The number of hydrogen-bond donors (Lipinski definition) is 3. The summed E-state index contributed by atoms with van der Waals surface area (Å²) in [7, 11) is 1.27. The number of carbonyl (C=O) groups excluding carboxylic acids is 1. The molecule has 0 saturated carbocycles. The first-order valence-corrected chi connectivity index (χ1v) is 4.99. The predicted molar refractivity (Wildman–Crippen MR) is 56.2 cm³/mol. The minimum atomic E-state index is -0.972. The molecule has 1 heterocycles. The number of aliphatic hydroxyl groups excluding tert-OH is 1. The van der Waals surface area contributed by atoms with Gasteiger partial charge >= 0.3 is 5.97 Å². The first-order valence-electron chi connectivity index (χ1n) is 4.99. The van der Waals surface area contributed by atoms with Gasteiger partial charge < -0.3 is 24.8 Å². The zero-order chi connectivity index (χ0) is 12.7. The Morgan fingerprint density at radius 3 is 2.65 bits per heavy atom. The molecule has 1 aromatic rings. The molecule has 3 N–H and O–H groups in total. The number of phenols is 2. The molecule has 2 atom stereocenters. The molecule has 2 rings (SSSR count). The molecule has 0 saturated heterocycles. The van der Waals surface area contributed by atoms with E-state index in [2.05, 4.69) is 0 Å². The molecular formula is C11H12O6. The fourth-order valence-electron chi connectivity index (χ4n) is 1.89. The highest BCUT2D eigenvalue weighted by molar-refractivity contribution is 5.96. The fraction of sp³-hybridized carbons (Fsp3) is 0.364. The number of methoxy groups -OCH3 is 1. The third-order valence-corrected chi connectivity index (χ3v) is 2.65. The predicted octanol–water partition coefficient (Wildman–Crippen LogP) is 0.699. The second-order valence-corrected chi connectivity index (χ2v) is 3.81. The average molecular weight is 240 g/mol. The van der Waals surface area contributed by atoms with Gasteiger partial charge in [-0.05, 0) is 13.0 Å². The van der Waals surface area contributed by atoms with Gasteiger partial charge in [0.25, 0.3) is 0 Å². The lowest BCUT2D eigenvalue weighted by Gasteiger charge is -2.16. The standard InChI is InChI=1S/C11H12O6/c1-4(12)9-7-5(11(15)17-9)3-6(13)10(16-2)8(7)14/h3-4,9,12-14H,1-2H3/t4-,9+/m0/s1. The first-order chi connectivity index (χ1) is 7.97. The van der Waals surface area contributed by atoms with E-state index < -0.39 is 18.2 Å². The maximum absolute atomic E-state index is 11.5. The van der Waals surface area contributed by atoms with E-state index in [0.717, 1.165) is 6.07 Å². The van der Waals surface area contributed by atoms with E-state index in [1.807, 2.05) is 0 Å². The normalized spacial score (nSPS) is 19.7. The summed E-state index contributed by atoms with van der Waals surface area (Å²) in [5, 5.41) is 28.9. The van der Waals surface area contributed by atoms with Crippen LogP contribution in [0.25, 0.3) is 0 Å². The second kappa shape index (κ2) is 3.81. The van der Waals surface area contributed by atoms with Crippen molar-refractivity contribution in [2.75, 3.05) is 7.11 Å². The number of aliphatic hydroxyl groups is 1. The van der Waals surface area contributed by atoms with Crippen LogP contribution in [0.5, 0.6) is 17.2 Å². The Labute approximate surface area is 97.0 Å². The Kier molecular flexibility index (Phi) is 2.59. The summed E-state index contributed by atoms with van der Waals surface area (Å²) in [5.74, 6) is -1.59. The molecule has 0 aliphatic carbocycles. The Morgan fingerprint density at radius 2 is 2.12 bits per heavy atom. The number of aromatic hydroxyl groups is 2. The molecule has 0 radical (unpaired) electrons. The summed E-state index contributed by atoms with van der Waals surface area (Å²) in [6.07, 6.45) is -1.92.